The molecule has 0 saturated carbocycles. The maximum atomic E-state index is 10.1. The first-order valence-electron chi connectivity index (χ1n) is 4.03. The zero-order valence-corrected chi connectivity index (χ0v) is 7.23. The summed E-state index contributed by atoms with van der Waals surface area (Å²) in [7, 11) is 0. The lowest BCUT2D eigenvalue weighted by molar-refractivity contribution is 0.0853. The number of hydrogen-bond donors (Lipinski definition) is 2. The van der Waals surface area contributed by atoms with Gasteiger partial charge in [0.15, 0.2) is 0 Å². The first kappa shape index (κ1) is 8.55. The van der Waals surface area contributed by atoms with Crippen molar-refractivity contribution in [2.24, 2.45) is 0 Å². The number of nitrogens with one attached hydrogen (secondary N) is 1. The second-order valence-electron chi connectivity index (χ2n) is 2.81. The Balaban J connectivity index is 2.21. The standard InChI is InChI=1S/C9H8N2O3/c12-9(13)14-5-6-3-7-1-2-10-8(7)11-4-6/h1-4H,5H2,(H,10,11)(H,12,13). The highest BCUT2D eigenvalue weighted by molar-refractivity contribution is 5.75. The highest BCUT2D eigenvalue weighted by atomic mass is 16.7. The third kappa shape index (κ3) is 1.66. The molecule has 0 spiro atoms. The molecule has 14 heavy (non-hydrogen) atoms. The molecule has 72 valence electrons. The number of fused-ring (bicyclic) bond motifs is 1. The molecule has 2 rings (SSSR count). The summed E-state index contributed by atoms with van der Waals surface area (Å²) in [5.41, 5.74) is 1.52. The Hall–Kier alpha value is -2.04. The molecule has 0 unspecified atom stereocenters. The zero-order chi connectivity index (χ0) is 9.97. The van der Waals surface area contributed by atoms with Crippen molar-refractivity contribution in [1.82, 2.24) is 9.97 Å². The fourth-order valence-corrected chi connectivity index (χ4v) is 1.21. The van der Waals surface area contributed by atoms with Crippen LogP contribution in [0.25, 0.3) is 11.0 Å². The number of H-pyrrole nitrogens is 1. The van der Waals surface area contributed by atoms with Crippen LogP contribution >= 0.6 is 0 Å². The Bertz CT molecular complexity index is 464. The fourth-order valence-electron chi connectivity index (χ4n) is 1.21. The van der Waals surface area contributed by atoms with E-state index in [1.54, 1.807) is 12.4 Å². The molecule has 0 aliphatic rings. The van der Waals surface area contributed by atoms with Gasteiger partial charge in [0.25, 0.3) is 0 Å². The molecule has 2 N–H and O–H groups in total. The Labute approximate surface area is 79.3 Å². The average molecular weight is 192 g/mol. The van der Waals surface area contributed by atoms with Crippen molar-refractivity contribution in [1.29, 1.82) is 0 Å². The number of rotatable bonds is 2. The zero-order valence-electron chi connectivity index (χ0n) is 7.23. The van der Waals surface area contributed by atoms with E-state index >= 15 is 0 Å². The van der Waals surface area contributed by atoms with Crippen LogP contribution < -0.4 is 0 Å². The number of pyridine rings is 1. The molecular formula is C9H8N2O3. The molecular weight excluding hydrogens is 184 g/mol. The Morgan fingerprint density at radius 2 is 2.50 bits per heavy atom. The molecule has 2 aromatic rings. The second-order valence-corrected chi connectivity index (χ2v) is 2.81. The number of aromatic nitrogens is 2. The van der Waals surface area contributed by atoms with E-state index in [2.05, 4.69) is 14.7 Å². The molecule has 0 amide bonds. The molecule has 5 nitrogen and oxygen atoms in total. The SMILES string of the molecule is O=C(O)OCc1cnc2[nH]ccc2c1. The quantitative estimate of drug-likeness (QED) is 0.711. The summed E-state index contributed by atoms with van der Waals surface area (Å²) < 4.78 is 4.42. The summed E-state index contributed by atoms with van der Waals surface area (Å²) in [5, 5.41) is 9.24. The average Bonchev–Trinajstić information content (AvgIpc) is 2.61. The number of nitrogens with zero attached hydrogens (tertiary/aromatic N) is 1. The highest BCUT2D eigenvalue weighted by Crippen LogP contribution is 2.11. The summed E-state index contributed by atoms with van der Waals surface area (Å²) in [6.45, 7) is 0.0312. The van der Waals surface area contributed by atoms with Crippen molar-refractivity contribution in [2.45, 2.75) is 6.61 Å². The van der Waals surface area contributed by atoms with Gasteiger partial charge in [-0.05, 0) is 12.1 Å². The van der Waals surface area contributed by atoms with Crippen LogP contribution in [0.3, 0.4) is 0 Å². The van der Waals surface area contributed by atoms with Crippen LogP contribution in [0.2, 0.25) is 0 Å². The smallest absolute Gasteiger partial charge is 0.450 e. The van der Waals surface area contributed by atoms with E-state index in [9.17, 15) is 4.79 Å². The topological polar surface area (TPSA) is 75.2 Å². The van der Waals surface area contributed by atoms with Crippen LogP contribution in [0.5, 0.6) is 0 Å². The molecule has 0 saturated heterocycles. The van der Waals surface area contributed by atoms with Crippen LogP contribution in [-0.4, -0.2) is 21.2 Å². The van der Waals surface area contributed by atoms with Gasteiger partial charge in [-0.25, -0.2) is 9.78 Å². The van der Waals surface area contributed by atoms with Gasteiger partial charge in [0.2, 0.25) is 0 Å². The number of aromatic amines is 1. The minimum absolute atomic E-state index is 0.0312. The van der Waals surface area contributed by atoms with E-state index in [1.807, 2.05) is 12.1 Å². The number of carboxylic acid groups (broad SMARTS) is 1. The summed E-state index contributed by atoms with van der Waals surface area (Å²) in [6.07, 6.45) is 2.08. The third-order valence-electron chi connectivity index (χ3n) is 1.82. The Morgan fingerprint density at radius 3 is 3.29 bits per heavy atom. The van der Waals surface area contributed by atoms with E-state index in [-0.39, 0.29) is 6.61 Å². The van der Waals surface area contributed by atoms with Crippen LogP contribution in [0, 0.1) is 0 Å². The fraction of sp³-hybridized carbons (Fsp3) is 0.111. The maximum absolute atomic E-state index is 10.1. The summed E-state index contributed by atoms with van der Waals surface area (Å²) in [4.78, 5) is 17.2. The van der Waals surface area contributed by atoms with E-state index in [0.29, 0.717) is 0 Å². The van der Waals surface area contributed by atoms with E-state index < -0.39 is 6.16 Å². The van der Waals surface area contributed by atoms with Crippen molar-refractivity contribution in [3.8, 4) is 0 Å². The minimum atomic E-state index is -1.28. The van der Waals surface area contributed by atoms with Crippen LogP contribution in [0.1, 0.15) is 5.56 Å². The van der Waals surface area contributed by atoms with Crippen LogP contribution in [0.4, 0.5) is 4.79 Å². The van der Waals surface area contributed by atoms with Crippen molar-refractivity contribution in [3.05, 3.63) is 30.1 Å². The molecule has 0 aromatic carbocycles. The van der Waals surface area contributed by atoms with Crippen molar-refractivity contribution in [2.75, 3.05) is 0 Å². The molecule has 5 heteroatoms. The van der Waals surface area contributed by atoms with Crippen LogP contribution in [-0.2, 0) is 11.3 Å². The van der Waals surface area contributed by atoms with E-state index in [1.165, 1.54) is 0 Å². The lowest BCUT2D eigenvalue weighted by atomic mass is 10.2. The molecule has 0 atom stereocenters. The number of hydrogen-bond acceptors (Lipinski definition) is 3. The summed E-state index contributed by atoms with van der Waals surface area (Å²) in [6, 6.07) is 3.70. The predicted molar refractivity (Wildman–Crippen MR) is 48.9 cm³/mol. The van der Waals surface area contributed by atoms with Gasteiger partial charge in [0.1, 0.15) is 12.3 Å². The first-order valence-corrected chi connectivity index (χ1v) is 4.03. The van der Waals surface area contributed by atoms with E-state index in [0.717, 1.165) is 16.6 Å². The van der Waals surface area contributed by atoms with Crippen molar-refractivity contribution >= 4 is 17.2 Å². The number of carbonyl (C=O) groups is 1. The van der Waals surface area contributed by atoms with Gasteiger partial charge < -0.3 is 14.8 Å². The van der Waals surface area contributed by atoms with Gasteiger partial charge in [-0.15, -0.1) is 0 Å². The second kappa shape index (κ2) is 3.37. The monoisotopic (exact) mass is 192 g/mol. The molecule has 0 aliphatic heterocycles. The van der Waals surface area contributed by atoms with E-state index in [4.69, 9.17) is 5.11 Å². The largest absolute Gasteiger partial charge is 0.506 e. The van der Waals surface area contributed by atoms with Crippen molar-refractivity contribution in [3.63, 3.8) is 0 Å². The molecule has 0 aliphatic carbocycles. The normalized spacial score (nSPS) is 10.3. The van der Waals surface area contributed by atoms with Gasteiger partial charge in [-0.2, -0.15) is 0 Å². The Morgan fingerprint density at radius 1 is 1.64 bits per heavy atom. The molecule has 0 bridgehead atoms. The highest BCUT2D eigenvalue weighted by Gasteiger charge is 2.01. The molecule has 0 radical (unpaired) electrons. The summed E-state index contributed by atoms with van der Waals surface area (Å²) >= 11 is 0. The Kier molecular flexibility index (Phi) is 2.06. The molecule has 0 fully saturated rings. The summed E-state index contributed by atoms with van der Waals surface area (Å²) in [5.74, 6) is 0. The maximum Gasteiger partial charge on any atom is 0.506 e. The molecule has 2 aromatic heterocycles. The van der Waals surface area contributed by atoms with Gasteiger partial charge in [-0.3, -0.25) is 0 Å². The van der Waals surface area contributed by atoms with Crippen LogP contribution in [0.15, 0.2) is 24.5 Å². The predicted octanol–water partition coefficient (Wildman–Crippen LogP) is 1.76. The van der Waals surface area contributed by atoms with Gasteiger partial charge in [0, 0.05) is 23.3 Å². The minimum Gasteiger partial charge on any atom is -0.450 e. The molecule has 2 heterocycles. The third-order valence-corrected chi connectivity index (χ3v) is 1.82. The van der Waals surface area contributed by atoms with Gasteiger partial charge in [0.05, 0.1) is 0 Å². The lowest BCUT2D eigenvalue weighted by Crippen LogP contribution is -2.00. The van der Waals surface area contributed by atoms with Gasteiger partial charge in [-0.1, -0.05) is 0 Å². The van der Waals surface area contributed by atoms with Gasteiger partial charge >= 0.3 is 6.16 Å². The van der Waals surface area contributed by atoms with Crippen molar-refractivity contribution < 1.29 is 14.6 Å². The first-order chi connectivity index (χ1) is 6.75. The lowest BCUT2D eigenvalue weighted by Gasteiger charge is -1.99. The number of ether oxygens (including phenoxy) is 1.